The number of carbonyl (C=O) groups excluding carboxylic acids is 1. The molecule has 1 fully saturated rings. The van der Waals surface area contributed by atoms with Crippen LogP contribution >= 0.6 is 34.5 Å². The lowest BCUT2D eigenvalue weighted by molar-refractivity contribution is 0.00778. The van der Waals surface area contributed by atoms with Crippen LogP contribution in [0.2, 0.25) is 9.36 Å². The van der Waals surface area contributed by atoms with E-state index in [2.05, 4.69) is 19.5 Å². The molecule has 198 valence electrons. The highest BCUT2D eigenvalue weighted by molar-refractivity contribution is 7.84. The fourth-order valence-electron chi connectivity index (χ4n) is 4.12. The lowest BCUT2D eigenvalue weighted by atomic mass is 10.0. The van der Waals surface area contributed by atoms with E-state index < -0.39 is 52.9 Å². The third-order valence-corrected chi connectivity index (χ3v) is 8.09. The van der Waals surface area contributed by atoms with E-state index in [1.165, 1.54) is 12.5 Å². The predicted octanol–water partition coefficient (Wildman–Crippen LogP) is 1.87. The summed E-state index contributed by atoms with van der Waals surface area (Å²) in [6.07, 6.45) is 0.0953. The largest absolute Gasteiger partial charge is 0.390 e. The van der Waals surface area contributed by atoms with Crippen LogP contribution < -0.4 is 16.2 Å². The molecule has 0 aliphatic heterocycles. The minimum absolute atomic E-state index is 0.106. The van der Waals surface area contributed by atoms with E-state index in [1.54, 1.807) is 24.3 Å². The minimum atomic E-state index is -4.21. The van der Waals surface area contributed by atoms with E-state index in [-0.39, 0.29) is 17.8 Å². The highest BCUT2D eigenvalue weighted by Gasteiger charge is 2.42. The van der Waals surface area contributed by atoms with Crippen LogP contribution in [0.3, 0.4) is 0 Å². The van der Waals surface area contributed by atoms with Crippen molar-refractivity contribution in [2.45, 2.75) is 30.7 Å². The number of anilines is 1. The van der Waals surface area contributed by atoms with E-state index >= 15 is 0 Å². The van der Waals surface area contributed by atoms with Crippen LogP contribution in [0.1, 0.15) is 38.8 Å². The molecule has 0 bridgehead atoms. The normalized spacial score (nSPS) is 22.6. The number of rotatable bonds is 9. The molecule has 2 unspecified atom stereocenters. The molecule has 2 aromatic heterocycles. The summed E-state index contributed by atoms with van der Waals surface area (Å²) in [7, 11) is -4.21. The van der Waals surface area contributed by atoms with Crippen LogP contribution in [0.5, 0.6) is 0 Å². The minimum Gasteiger partial charge on any atom is -0.390 e. The van der Waals surface area contributed by atoms with Crippen molar-refractivity contribution in [3.05, 3.63) is 73.8 Å². The molecular formula is C22H23Cl2N5O6S2. The van der Waals surface area contributed by atoms with E-state index in [0.717, 1.165) is 16.9 Å². The number of nitrogens with one attached hydrogen (secondary N) is 1. The lowest BCUT2D eigenvalue weighted by Crippen LogP contribution is -2.36. The van der Waals surface area contributed by atoms with Gasteiger partial charge in [0, 0.05) is 22.7 Å². The molecule has 15 heteroatoms. The van der Waals surface area contributed by atoms with Crippen molar-refractivity contribution in [2.24, 2.45) is 16.8 Å². The van der Waals surface area contributed by atoms with Gasteiger partial charge in [-0.25, -0.2) is 15.1 Å². The molecule has 0 spiro atoms. The summed E-state index contributed by atoms with van der Waals surface area (Å²) in [6.45, 7) is -0.409. The van der Waals surface area contributed by atoms with Gasteiger partial charge in [-0.3, -0.25) is 8.98 Å². The summed E-state index contributed by atoms with van der Waals surface area (Å²) in [6, 6.07) is 7.25. The molecule has 7 N–H and O–H groups in total. The molecule has 3 aromatic rings. The van der Waals surface area contributed by atoms with Gasteiger partial charge in [0.1, 0.15) is 18.2 Å². The van der Waals surface area contributed by atoms with E-state index in [0.29, 0.717) is 19.8 Å². The van der Waals surface area contributed by atoms with Crippen LogP contribution in [0.4, 0.5) is 5.82 Å². The van der Waals surface area contributed by atoms with Crippen molar-refractivity contribution in [2.75, 3.05) is 11.9 Å². The van der Waals surface area contributed by atoms with Crippen molar-refractivity contribution >= 4 is 56.4 Å². The summed E-state index contributed by atoms with van der Waals surface area (Å²) in [5.41, 5.74) is 7.76. The highest BCUT2D eigenvalue weighted by Crippen LogP contribution is 2.36. The second-order valence-corrected chi connectivity index (χ2v) is 11.8. The fraction of sp³-hybridized carbons (Fsp3) is 0.318. The number of aromatic nitrogens is 2. The Kier molecular flexibility index (Phi) is 8.48. The molecular weight excluding hydrogens is 565 g/mol. The van der Waals surface area contributed by atoms with Crippen molar-refractivity contribution in [3.8, 4) is 0 Å². The molecule has 11 nitrogen and oxygen atoms in total. The molecule has 1 saturated carbocycles. The SMILES string of the molecule is NC(c1cccc(Cl)c1)c1cc(C(=O)c2cncnc2NC2C[C@H](COS(N)(=O)=O)[C@@H](O)[C@H]2O)sc1Cl. The quantitative estimate of drug-likeness (QED) is 0.231. The first-order chi connectivity index (χ1) is 17.4. The summed E-state index contributed by atoms with van der Waals surface area (Å²) in [5, 5.41) is 29.1. The third-order valence-electron chi connectivity index (χ3n) is 6.01. The van der Waals surface area contributed by atoms with Gasteiger partial charge in [0.25, 0.3) is 0 Å². The second kappa shape index (κ2) is 11.3. The van der Waals surface area contributed by atoms with E-state index in [1.807, 2.05) is 6.07 Å². The maximum absolute atomic E-state index is 13.4. The summed E-state index contributed by atoms with van der Waals surface area (Å²) >= 11 is 13.6. The maximum atomic E-state index is 13.4. The Bertz CT molecular complexity index is 1410. The monoisotopic (exact) mass is 587 g/mol. The molecule has 1 aliphatic rings. The number of nitrogens with zero attached hydrogens (tertiary/aromatic N) is 2. The van der Waals surface area contributed by atoms with Gasteiger partial charge in [0.05, 0.1) is 39.6 Å². The van der Waals surface area contributed by atoms with Crippen LogP contribution in [0.25, 0.3) is 0 Å². The number of aliphatic hydroxyl groups excluding tert-OH is 2. The predicted molar refractivity (Wildman–Crippen MR) is 139 cm³/mol. The number of hydrogen-bond acceptors (Lipinski definition) is 11. The number of aliphatic hydroxyl groups is 2. The molecule has 37 heavy (non-hydrogen) atoms. The lowest BCUT2D eigenvalue weighted by Gasteiger charge is -2.19. The molecule has 2 heterocycles. The second-order valence-electron chi connectivity index (χ2n) is 8.49. The fourth-order valence-corrected chi connectivity index (χ4v) is 5.99. The first-order valence-corrected chi connectivity index (χ1v) is 13.9. The third kappa shape index (κ3) is 6.45. The Morgan fingerprint density at radius 1 is 1.27 bits per heavy atom. The number of ketones is 1. The van der Waals surface area contributed by atoms with Crippen LogP contribution in [-0.4, -0.2) is 59.2 Å². The molecule has 1 aromatic carbocycles. The van der Waals surface area contributed by atoms with Crippen LogP contribution in [0, 0.1) is 5.92 Å². The number of carbonyl (C=O) groups is 1. The topological polar surface area (TPSA) is 191 Å². The zero-order chi connectivity index (χ0) is 26.9. The molecule has 0 radical (unpaired) electrons. The van der Waals surface area contributed by atoms with Crippen LogP contribution in [-0.2, 0) is 14.5 Å². The van der Waals surface area contributed by atoms with Gasteiger partial charge in [0.15, 0.2) is 0 Å². The highest BCUT2D eigenvalue weighted by atomic mass is 35.5. The van der Waals surface area contributed by atoms with Gasteiger partial charge in [-0.15, -0.1) is 11.3 Å². The van der Waals surface area contributed by atoms with E-state index in [9.17, 15) is 23.4 Å². The number of hydrogen-bond donors (Lipinski definition) is 5. The van der Waals surface area contributed by atoms with Gasteiger partial charge in [0.2, 0.25) is 5.78 Å². The van der Waals surface area contributed by atoms with Gasteiger partial charge in [-0.2, -0.15) is 8.42 Å². The smallest absolute Gasteiger partial charge is 0.333 e. The number of halogens is 2. The maximum Gasteiger partial charge on any atom is 0.333 e. The Balaban J connectivity index is 1.54. The Morgan fingerprint density at radius 3 is 2.73 bits per heavy atom. The van der Waals surface area contributed by atoms with Gasteiger partial charge in [-0.05, 0) is 30.2 Å². The zero-order valence-corrected chi connectivity index (χ0v) is 22.1. The average Bonchev–Trinajstić information content (AvgIpc) is 3.36. The molecule has 1 aliphatic carbocycles. The van der Waals surface area contributed by atoms with Crippen molar-refractivity contribution < 1.29 is 27.6 Å². The van der Waals surface area contributed by atoms with Gasteiger partial charge < -0.3 is 21.3 Å². The van der Waals surface area contributed by atoms with Crippen molar-refractivity contribution in [1.29, 1.82) is 0 Å². The van der Waals surface area contributed by atoms with Crippen molar-refractivity contribution in [3.63, 3.8) is 0 Å². The summed E-state index contributed by atoms with van der Waals surface area (Å²) in [5.74, 6) is -1.03. The standard InChI is InChI=1S/C22H23Cl2N5O6S2/c23-12-3-1-2-10(4-12)17(25)13-6-16(36-21(13)24)19(31)14-7-27-9-28-22(14)29-15-5-11(18(30)20(15)32)8-35-37(26,33)34/h1-4,6-7,9,11,15,17-18,20,30,32H,5,8,25H2,(H2,26,33,34)(H,27,28,29)/t11-,15?,17?,18-,20+/m1/s1. The zero-order valence-electron chi connectivity index (χ0n) is 19.0. The number of benzene rings is 1. The van der Waals surface area contributed by atoms with Gasteiger partial charge in [-0.1, -0.05) is 35.3 Å². The van der Waals surface area contributed by atoms with E-state index in [4.69, 9.17) is 34.1 Å². The first-order valence-electron chi connectivity index (χ1n) is 10.9. The average molecular weight is 588 g/mol. The number of nitrogens with two attached hydrogens (primary N) is 2. The first kappa shape index (κ1) is 27.8. The van der Waals surface area contributed by atoms with Gasteiger partial charge >= 0.3 is 10.3 Å². The molecule has 0 saturated heterocycles. The summed E-state index contributed by atoms with van der Waals surface area (Å²) < 4.78 is 27.1. The Morgan fingerprint density at radius 2 is 2.03 bits per heavy atom. The van der Waals surface area contributed by atoms with Crippen LogP contribution in [0.15, 0.2) is 42.9 Å². The molecule has 0 amide bonds. The molecule has 4 rings (SSSR count). The Labute approximate surface area is 226 Å². The van der Waals surface area contributed by atoms with Crippen molar-refractivity contribution in [1.82, 2.24) is 9.97 Å². The molecule has 5 atom stereocenters. The summed E-state index contributed by atoms with van der Waals surface area (Å²) in [4.78, 5) is 21.8. The number of thiophene rings is 1. The Hall–Kier alpha value is -2.20.